The van der Waals surface area contributed by atoms with E-state index in [1.807, 2.05) is 6.07 Å². The summed E-state index contributed by atoms with van der Waals surface area (Å²) in [6.07, 6.45) is 2.67. The first-order valence-electron chi connectivity index (χ1n) is 9.20. The van der Waals surface area contributed by atoms with Crippen molar-refractivity contribution in [3.8, 4) is 5.88 Å². The molecule has 1 aliphatic rings. The van der Waals surface area contributed by atoms with Gasteiger partial charge in [0.05, 0.1) is 6.54 Å². The molecule has 0 unspecified atom stereocenters. The maximum atomic E-state index is 12.2. The van der Waals surface area contributed by atoms with Crippen LogP contribution in [0.1, 0.15) is 37.7 Å². The number of pyridine rings is 1. The van der Waals surface area contributed by atoms with Crippen LogP contribution in [0.4, 0.5) is 18.0 Å². The molecule has 152 valence electrons. The molecule has 0 aliphatic heterocycles. The van der Waals surface area contributed by atoms with Gasteiger partial charge in [-0.05, 0) is 51.3 Å². The first-order chi connectivity index (χ1) is 12.8. The van der Waals surface area contributed by atoms with Crippen molar-refractivity contribution < 1.29 is 22.7 Å². The number of hydrogen-bond donors (Lipinski definition) is 2. The highest BCUT2D eigenvalue weighted by Gasteiger charge is 2.28. The summed E-state index contributed by atoms with van der Waals surface area (Å²) in [5.41, 5.74) is 0.842. The Morgan fingerprint density at radius 3 is 2.67 bits per heavy atom. The van der Waals surface area contributed by atoms with E-state index in [0.717, 1.165) is 18.4 Å². The van der Waals surface area contributed by atoms with Crippen LogP contribution in [0, 0.1) is 0 Å². The van der Waals surface area contributed by atoms with Gasteiger partial charge in [-0.1, -0.05) is 6.07 Å². The average molecular weight is 388 g/mol. The molecule has 2 rings (SSSR count). The minimum Gasteiger partial charge on any atom is -0.474 e. The number of nitrogens with one attached hydrogen (secondary N) is 2. The third-order valence-electron chi connectivity index (χ3n) is 4.29. The minimum absolute atomic E-state index is 0.252. The van der Waals surface area contributed by atoms with Crippen molar-refractivity contribution in [2.45, 2.75) is 50.9 Å². The van der Waals surface area contributed by atoms with Crippen LogP contribution in [-0.4, -0.2) is 54.9 Å². The van der Waals surface area contributed by atoms with E-state index in [9.17, 15) is 18.0 Å². The lowest BCUT2D eigenvalue weighted by molar-refractivity contribution is -0.143. The zero-order valence-electron chi connectivity index (χ0n) is 15.5. The van der Waals surface area contributed by atoms with Gasteiger partial charge in [0.25, 0.3) is 0 Å². The third-order valence-corrected chi connectivity index (χ3v) is 4.29. The molecule has 2 amide bonds. The van der Waals surface area contributed by atoms with Gasteiger partial charge < -0.3 is 15.4 Å². The van der Waals surface area contributed by atoms with Crippen molar-refractivity contribution >= 4 is 6.03 Å². The van der Waals surface area contributed by atoms with E-state index in [1.165, 1.54) is 24.8 Å². The summed E-state index contributed by atoms with van der Waals surface area (Å²) in [6.45, 7) is -0.0736. The molecule has 0 aromatic carbocycles. The second kappa shape index (κ2) is 10.3. The lowest BCUT2D eigenvalue weighted by Gasteiger charge is -2.18. The van der Waals surface area contributed by atoms with Gasteiger partial charge in [0, 0.05) is 25.4 Å². The molecule has 1 heterocycles. The van der Waals surface area contributed by atoms with Crippen molar-refractivity contribution in [1.82, 2.24) is 20.5 Å². The highest BCUT2D eigenvalue weighted by Crippen LogP contribution is 2.22. The van der Waals surface area contributed by atoms with Gasteiger partial charge in [-0.3, -0.25) is 4.90 Å². The molecule has 1 saturated carbocycles. The van der Waals surface area contributed by atoms with Crippen LogP contribution in [0.2, 0.25) is 0 Å². The second-order valence-corrected chi connectivity index (χ2v) is 6.84. The molecule has 6 nitrogen and oxygen atoms in total. The van der Waals surface area contributed by atoms with Gasteiger partial charge >= 0.3 is 12.2 Å². The Bertz CT molecular complexity index is 575. The van der Waals surface area contributed by atoms with E-state index < -0.39 is 12.7 Å². The summed E-state index contributed by atoms with van der Waals surface area (Å²) in [5.74, 6) is 0.595. The number of carbonyl (C=O) groups is 1. The van der Waals surface area contributed by atoms with Gasteiger partial charge in [0.15, 0.2) is 0 Å². The zero-order chi connectivity index (χ0) is 19.7. The molecule has 0 spiro atoms. The van der Waals surface area contributed by atoms with Crippen LogP contribution >= 0.6 is 0 Å². The first kappa shape index (κ1) is 21.3. The monoisotopic (exact) mass is 388 g/mol. The Kier molecular flexibility index (Phi) is 8.15. The molecule has 0 atom stereocenters. The van der Waals surface area contributed by atoms with Crippen molar-refractivity contribution in [3.05, 3.63) is 23.9 Å². The fraction of sp³-hybridized carbons (Fsp3) is 0.667. The number of alkyl halides is 3. The molecule has 0 bridgehead atoms. The maximum Gasteiger partial charge on any atom is 0.401 e. The molecule has 27 heavy (non-hydrogen) atoms. The van der Waals surface area contributed by atoms with Crippen LogP contribution in [-0.2, 0) is 6.54 Å². The van der Waals surface area contributed by atoms with E-state index in [4.69, 9.17) is 4.74 Å². The smallest absolute Gasteiger partial charge is 0.401 e. The van der Waals surface area contributed by atoms with E-state index in [-0.39, 0.29) is 18.7 Å². The summed E-state index contributed by atoms with van der Waals surface area (Å²) in [5, 5.41) is 5.32. The molecule has 2 N–H and O–H groups in total. The number of hydrogen-bond acceptors (Lipinski definition) is 4. The normalized spacial score (nSPS) is 15.1. The van der Waals surface area contributed by atoms with Crippen LogP contribution in [0.5, 0.6) is 5.88 Å². The highest BCUT2D eigenvalue weighted by atomic mass is 19.4. The fourth-order valence-corrected chi connectivity index (χ4v) is 2.94. The Morgan fingerprint density at radius 1 is 1.30 bits per heavy atom. The molecule has 0 radical (unpaired) electrons. The van der Waals surface area contributed by atoms with Gasteiger partial charge in [-0.25, -0.2) is 9.78 Å². The van der Waals surface area contributed by atoms with Crippen molar-refractivity contribution in [2.75, 3.05) is 26.7 Å². The number of halogens is 3. The summed E-state index contributed by atoms with van der Waals surface area (Å²) in [6, 6.07) is 3.28. The molecule has 9 heteroatoms. The standard InChI is InChI=1S/C18H27F3N4O2/c1-25(13-18(19,20)21)10-4-9-22-17(26)24-12-14-7-8-16(23-11-14)27-15-5-2-3-6-15/h7-8,11,15H,2-6,9-10,12-13H2,1H3,(H2,22,24,26). The lowest BCUT2D eigenvalue weighted by atomic mass is 10.3. The van der Waals surface area contributed by atoms with Crippen LogP contribution in [0.3, 0.4) is 0 Å². The second-order valence-electron chi connectivity index (χ2n) is 6.84. The number of urea groups is 1. The van der Waals surface area contributed by atoms with Crippen LogP contribution < -0.4 is 15.4 Å². The fourth-order valence-electron chi connectivity index (χ4n) is 2.94. The molecule has 1 fully saturated rings. The maximum absolute atomic E-state index is 12.2. The number of carbonyl (C=O) groups excluding carboxylic acids is 1. The average Bonchev–Trinajstić information content (AvgIpc) is 3.09. The number of ether oxygens (including phenoxy) is 1. The number of amides is 2. The Labute approximate surface area is 157 Å². The summed E-state index contributed by atoms with van der Waals surface area (Å²) >= 11 is 0. The first-order valence-corrected chi connectivity index (χ1v) is 9.20. The predicted octanol–water partition coefficient (Wildman–Crippen LogP) is 3.09. The molecule has 0 saturated heterocycles. The zero-order valence-corrected chi connectivity index (χ0v) is 15.5. The van der Waals surface area contributed by atoms with E-state index >= 15 is 0 Å². The van der Waals surface area contributed by atoms with Gasteiger partial charge in [0.2, 0.25) is 5.88 Å². The SMILES string of the molecule is CN(CCCNC(=O)NCc1ccc(OC2CCCC2)nc1)CC(F)(F)F. The quantitative estimate of drug-likeness (QED) is 0.638. The number of rotatable bonds is 9. The number of nitrogens with zero attached hydrogens (tertiary/aromatic N) is 2. The van der Waals surface area contributed by atoms with Crippen LogP contribution in [0.25, 0.3) is 0 Å². The molecular formula is C18H27F3N4O2. The number of aromatic nitrogens is 1. The van der Waals surface area contributed by atoms with Crippen molar-refractivity contribution in [2.24, 2.45) is 0 Å². The summed E-state index contributed by atoms with van der Waals surface area (Å²) in [4.78, 5) is 17.2. The molecule has 1 aliphatic carbocycles. The largest absolute Gasteiger partial charge is 0.474 e. The molecule has 1 aromatic rings. The lowest BCUT2D eigenvalue weighted by Crippen LogP contribution is -2.37. The van der Waals surface area contributed by atoms with E-state index in [2.05, 4.69) is 15.6 Å². The summed E-state index contributed by atoms with van der Waals surface area (Å²) in [7, 11) is 1.40. The van der Waals surface area contributed by atoms with Crippen molar-refractivity contribution in [3.63, 3.8) is 0 Å². The van der Waals surface area contributed by atoms with Crippen molar-refractivity contribution in [1.29, 1.82) is 0 Å². The summed E-state index contributed by atoms with van der Waals surface area (Å²) < 4.78 is 42.4. The molecular weight excluding hydrogens is 361 g/mol. The Morgan fingerprint density at radius 2 is 2.04 bits per heavy atom. The van der Waals surface area contributed by atoms with Crippen LogP contribution in [0.15, 0.2) is 18.3 Å². The third kappa shape index (κ3) is 8.94. The Balaban J connectivity index is 1.58. The highest BCUT2D eigenvalue weighted by molar-refractivity contribution is 5.73. The minimum atomic E-state index is -4.20. The van der Waals surface area contributed by atoms with Gasteiger partial charge in [-0.15, -0.1) is 0 Å². The molecule has 1 aromatic heterocycles. The van der Waals surface area contributed by atoms with Gasteiger partial charge in [-0.2, -0.15) is 13.2 Å². The predicted molar refractivity (Wildman–Crippen MR) is 95.5 cm³/mol. The van der Waals surface area contributed by atoms with Gasteiger partial charge in [0.1, 0.15) is 6.10 Å². The van der Waals surface area contributed by atoms with E-state index in [0.29, 0.717) is 25.4 Å². The Hall–Kier alpha value is -2.03. The van der Waals surface area contributed by atoms with E-state index in [1.54, 1.807) is 12.3 Å². The topological polar surface area (TPSA) is 66.5 Å².